The average molecular weight is 354 g/mol. The first kappa shape index (κ1) is 17.8. The highest BCUT2D eigenvalue weighted by Gasteiger charge is 2.29. The van der Waals surface area contributed by atoms with Crippen molar-refractivity contribution in [3.8, 4) is 0 Å². The van der Waals surface area contributed by atoms with Crippen molar-refractivity contribution < 1.29 is 9.59 Å². The van der Waals surface area contributed by atoms with Crippen LogP contribution in [0.1, 0.15) is 18.4 Å². The SMILES string of the molecule is Cn1ccnc(NC(=O)C2CCCN(C(=O)Cc3ccccc3)C2)c1=O. The molecule has 3 rings (SSSR count). The van der Waals surface area contributed by atoms with Crippen LogP contribution in [0, 0.1) is 5.92 Å². The normalized spacial score (nSPS) is 17.0. The molecule has 1 aromatic carbocycles. The molecule has 0 bridgehead atoms. The van der Waals surface area contributed by atoms with Crippen molar-refractivity contribution in [1.82, 2.24) is 14.5 Å². The summed E-state index contributed by atoms with van der Waals surface area (Å²) in [5.74, 6) is -0.566. The van der Waals surface area contributed by atoms with Crippen molar-refractivity contribution in [2.24, 2.45) is 13.0 Å². The van der Waals surface area contributed by atoms with Gasteiger partial charge in [-0.2, -0.15) is 0 Å². The van der Waals surface area contributed by atoms with E-state index in [0.717, 1.165) is 12.0 Å². The van der Waals surface area contributed by atoms with Crippen molar-refractivity contribution in [3.05, 3.63) is 58.6 Å². The lowest BCUT2D eigenvalue weighted by Crippen LogP contribution is -2.44. The number of aromatic nitrogens is 2. The lowest BCUT2D eigenvalue weighted by Gasteiger charge is -2.32. The molecule has 1 fully saturated rings. The third kappa shape index (κ3) is 4.17. The summed E-state index contributed by atoms with van der Waals surface area (Å²) in [6.07, 6.45) is 4.78. The number of nitrogens with one attached hydrogen (secondary N) is 1. The van der Waals surface area contributed by atoms with Gasteiger partial charge in [-0.3, -0.25) is 14.4 Å². The zero-order valence-electron chi connectivity index (χ0n) is 14.7. The Morgan fingerprint density at radius 2 is 2.04 bits per heavy atom. The summed E-state index contributed by atoms with van der Waals surface area (Å²) in [5, 5.41) is 2.61. The van der Waals surface area contributed by atoms with Crippen molar-refractivity contribution in [1.29, 1.82) is 0 Å². The van der Waals surface area contributed by atoms with Crippen molar-refractivity contribution in [2.45, 2.75) is 19.3 Å². The predicted molar refractivity (Wildman–Crippen MR) is 97.6 cm³/mol. The van der Waals surface area contributed by atoms with E-state index in [1.165, 1.54) is 17.0 Å². The number of aryl methyl sites for hydroxylation is 1. The number of anilines is 1. The Kier molecular flexibility index (Phi) is 5.46. The number of likely N-dealkylation sites (tertiary alicyclic amines) is 1. The number of hydrogen-bond donors (Lipinski definition) is 1. The summed E-state index contributed by atoms with van der Waals surface area (Å²) in [5.41, 5.74) is 0.606. The van der Waals surface area contributed by atoms with Crippen LogP contribution in [0.3, 0.4) is 0 Å². The maximum atomic E-state index is 12.5. The summed E-state index contributed by atoms with van der Waals surface area (Å²) in [7, 11) is 1.60. The van der Waals surface area contributed by atoms with Crippen LogP contribution in [-0.2, 0) is 23.1 Å². The Labute approximate surface area is 151 Å². The molecule has 136 valence electrons. The van der Waals surface area contributed by atoms with Gasteiger partial charge >= 0.3 is 0 Å². The second-order valence-corrected chi connectivity index (χ2v) is 6.52. The highest BCUT2D eigenvalue weighted by atomic mass is 16.2. The predicted octanol–water partition coefficient (Wildman–Crippen LogP) is 1.20. The van der Waals surface area contributed by atoms with Gasteiger partial charge < -0.3 is 14.8 Å². The van der Waals surface area contributed by atoms with E-state index in [4.69, 9.17) is 0 Å². The molecule has 2 heterocycles. The molecule has 26 heavy (non-hydrogen) atoms. The molecule has 1 unspecified atom stereocenters. The Hall–Kier alpha value is -2.96. The van der Waals surface area contributed by atoms with E-state index in [0.29, 0.717) is 25.9 Å². The highest BCUT2D eigenvalue weighted by Crippen LogP contribution is 2.19. The number of nitrogens with zero attached hydrogens (tertiary/aromatic N) is 3. The second-order valence-electron chi connectivity index (χ2n) is 6.52. The van der Waals surface area contributed by atoms with E-state index in [1.54, 1.807) is 11.9 Å². The summed E-state index contributed by atoms with van der Waals surface area (Å²) >= 11 is 0. The van der Waals surface area contributed by atoms with Crippen molar-refractivity contribution in [3.63, 3.8) is 0 Å². The topological polar surface area (TPSA) is 84.3 Å². The first-order valence-corrected chi connectivity index (χ1v) is 8.69. The van der Waals surface area contributed by atoms with Crippen LogP contribution in [0.25, 0.3) is 0 Å². The number of piperidine rings is 1. The van der Waals surface area contributed by atoms with Gasteiger partial charge in [0, 0.05) is 32.5 Å². The largest absolute Gasteiger partial charge is 0.342 e. The molecule has 1 aliphatic rings. The molecule has 2 amide bonds. The Balaban J connectivity index is 1.62. The standard InChI is InChI=1S/C19H22N4O3/c1-22-11-9-20-17(19(22)26)21-18(25)15-8-5-10-23(13-15)16(24)12-14-6-3-2-4-7-14/h2-4,6-7,9,11,15H,5,8,10,12-13H2,1H3,(H,20,21,25). The minimum atomic E-state index is -0.353. The van der Waals surface area contributed by atoms with Gasteiger partial charge in [0.1, 0.15) is 0 Å². The van der Waals surface area contributed by atoms with Crippen LogP contribution < -0.4 is 10.9 Å². The molecule has 2 aromatic rings. The molecule has 1 saturated heterocycles. The Bertz CT molecular complexity index is 847. The van der Waals surface area contributed by atoms with E-state index in [2.05, 4.69) is 10.3 Å². The fourth-order valence-corrected chi connectivity index (χ4v) is 3.10. The van der Waals surface area contributed by atoms with E-state index >= 15 is 0 Å². The molecular formula is C19H22N4O3. The van der Waals surface area contributed by atoms with Gasteiger partial charge in [-0.05, 0) is 18.4 Å². The molecule has 1 aliphatic heterocycles. The fraction of sp³-hybridized carbons (Fsp3) is 0.368. The average Bonchev–Trinajstić information content (AvgIpc) is 2.66. The summed E-state index contributed by atoms with van der Waals surface area (Å²) < 4.78 is 1.36. The first-order valence-electron chi connectivity index (χ1n) is 8.69. The van der Waals surface area contributed by atoms with Crippen LogP contribution in [0.4, 0.5) is 5.82 Å². The van der Waals surface area contributed by atoms with Gasteiger partial charge in [-0.1, -0.05) is 30.3 Å². The number of benzene rings is 1. The van der Waals surface area contributed by atoms with E-state index in [1.807, 2.05) is 30.3 Å². The Morgan fingerprint density at radius 3 is 2.81 bits per heavy atom. The molecule has 1 N–H and O–H groups in total. The van der Waals surface area contributed by atoms with Crippen LogP contribution in [0.2, 0.25) is 0 Å². The van der Waals surface area contributed by atoms with E-state index in [-0.39, 0.29) is 29.1 Å². The number of carbonyl (C=O) groups excluding carboxylic acids is 2. The zero-order valence-corrected chi connectivity index (χ0v) is 14.7. The Morgan fingerprint density at radius 1 is 1.27 bits per heavy atom. The number of carbonyl (C=O) groups is 2. The second kappa shape index (κ2) is 7.95. The molecule has 7 heteroatoms. The fourth-order valence-electron chi connectivity index (χ4n) is 3.10. The van der Waals surface area contributed by atoms with Gasteiger partial charge in [0.15, 0.2) is 5.82 Å². The molecular weight excluding hydrogens is 332 g/mol. The monoisotopic (exact) mass is 354 g/mol. The molecule has 1 aromatic heterocycles. The van der Waals surface area contributed by atoms with Gasteiger partial charge in [0.2, 0.25) is 11.8 Å². The van der Waals surface area contributed by atoms with E-state index in [9.17, 15) is 14.4 Å². The van der Waals surface area contributed by atoms with E-state index < -0.39 is 0 Å². The third-order valence-electron chi connectivity index (χ3n) is 4.60. The molecule has 1 atom stereocenters. The van der Waals surface area contributed by atoms with Crippen LogP contribution in [0.5, 0.6) is 0 Å². The van der Waals surface area contributed by atoms with Crippen LogP contribution in [-0.4, -0.2) is 39.4 Å². The molecule has 0 radical (unpaired) electrons. The maximum absolute atomic E-state index is 12.5. The number of rotatable bonds is 4. The minimum Gasteiger partial charge on any atom is -0.342 e. The van der Waals surface area contributed by atoms with Crippen molar-refractivity contribution >= 4 is 17.6 Å². The van der Waals surface area contributed by atoms with Crippen molar-refractivity contribution in [2.75, 3.05) is 18.4 Å². The van der Waals surface area contributed by atoms with Gasteiger partial charge in [-0.15, -0.1) is 0 Å². The maximum Gasteiger partial charge on any atom is 0.293 e. The number of amides is 2. The summed E-state index contributed by atoms with van der Waals surface area (Å²) in [6.45, 7) is 1.02. The van der Waals surface area contributed by atoms with Gasteiger partial charge in [0.05, 0.1) is 12.3 Å². The molecule has 0 spiro atoms. The van der Waals surface area contributed by atoms with Crippen LogP contribution in [0.15, 0.2) is 47.5 Å². The lowest BCUT2D eigenvalue weighted by molar-refractivity contribution is -0.133. The smallest absolute Gasteiger partial charge is 0.293 e. The minimum absolute atomic E-state index is 0.0162. The first-order chi connectivity index (χ1) is 12.5. The van der Waals surface area contributed by atoms with Crippen LogP contribution >= 0.6 is 0 Å². The quantitative estimate of drug-likeness (QED) is 0.894. The molecule has 0 saturated carbocycles. The highest BCUT2D eigenvalue weighted by molar-refractivity contribution is 5.92. The lowest BCUT2D eigenvalue weighted by atomic mass is 9.96. The molecule has 0 aliphatic carbocycles. The summed E-state index contributed by atoms with van der Waals surface area (Å²) in [6, 6.07) is 9.56. The number of hydrogen-bond acceptors (Lipinski definition) is 4. The zero-order chi connectivity index (χ0) is 18.5. The van der Waals surface area contributed by atoms with Gasteiger partial charge in [0.25, 0.3) is 5.56 Å². The molecule has 7 nitrogen and oxygen atoms in total. The summed E-state index contributed by atoms with van der Waals surface area (Å²) in [4.78, 5) is 42.7. The van der Waals surface area contributed by atoms with Gasteiger partial charge in [-0.25, -0.2) is 4.98 Å². The third-order valence-corrected chi connectivity index (χ3v) is 4.60.